The summed E-state index contributed by atoms with van der Waals surface area (Å²) in [5.74, 6) is 0.758. The number of amides is 1. The maximum Gasteiger partial charge on any atom is 0.241 e. The van der Waals surface area contributed by atoms with Crippen molar-refractivity contribution in [2.75, 3.05) is 25.0 Å². The molecule has 6 nitrogen and oxygen atoms in total. The fourth-order valence-corrected chi connectivity index (χ4v) is 2.28. The van der Waals surface area contributed by atoms with Crippen LogP contribution in [0.2, 0.25) is 5.15 Å². The largest absolute Gasteiger partial charge is 0.360 e. The van der Waals surface area contributed by atoms with Gasteiger partial charge in [-0.25, -0.2) is 9.97 Å². The van der Waals surface area contributed by atoms with Crippen LogP contribution in [0.3, 0.4) is 0 Å². The van der Waals surface area contributed by atoms with E-state index in [-0.39, 0.29) is 23.2 Å². The van der Waals surface area contributed by atoms with E-state index in [1.165, 1.54) is 0 Å². The molecule has 0 bridgehead atoms. The van der Waals surface area contributed by atoms with Gasteiger partial charge in [-0.3, -0.25) is 9.59 Å². The Morgan fingerprint density at radius 2 is 2.11 bits per heavy atom. The molecule has 2 rings (SSSR count). The summed E-state index contributed by atoms with van der Waals surface area (Å²) in [7, 11) is 0. The number of rotatable bonds is 4. The highest BCUT2D eigenvalue weighted by molar-refractivity contribution is 6.32. The van der Waals surface area contributed by atoms with Gasteiger partial charge in [-0.15, -0.1) is 0 Å². The Balaban J connectivity index is 2.06. The minimum absolute atomic E-state index is 0.00161. The number of hydrogen-bond acceptors (Lipinski definition) is 5. The van der Waals surface area contributed by atoms with Crippen LogP contribution in [0.1, 0.15) is 29.0 Å². The molecule has 2 heterocycles. The quantitative estimate of drug-likeness (QED) is 0.665. The van der Waals surface area contributed by atoms with Crippen molar-refractivity contribution < 1.29 is 9.59 Å². The van der Waals surface area contributed by atoms with Crippen LogP contribution in [0.5, 0.6) is 0 Å². The lowest BCUT2D eigenvalue weighted by Gasteiger charge is -2.16. The Labute approximate surface area is 116 Å². The van der Waals surface area contributed by atoms with Gasteiger partial charge in [-0.1, -0.05) is 11.6 Å². The molecule has 0 aromatic carbocycles. The van der Waals surface area contributed by atoms with Crippen LogP contribution in [0.15, 0.2) is 0 Å². The number of hydrogen-bond donors (Lipinski definition) is 1. The van der Waals surface area contributed by atoms with E-state index in [0.29, 0.717) is 17.9 Å². The Kier molecular flexibility index (Phi) is 4.31. The monoisotopic (exact) mass is 282 g/mol. The molecule has 0 aliphatic carbocycles. The van der Waals surface area contributed by atoms with Crippen LogP contribution in [-0.2, 0) is 4.79 Å². The highest BCUT2D eigenvalue weighted by Crippen LogP contribution is 2.19. The molecule has 1 amide bonds. The fourth-order valence-electron chi connectivity index (χ4n) is 2.02. The Hall–Kier alpha value is -1.69. The third-order valence-electron chi connectivity index (χ3n) is 2.99. The summed E-state index contributed by atoms with van der Waals surface area (Å²) in [4.78, 5) is 32.6. The van der Waals surface area contributed by atoms with Crippen molar-refractivity contribution in [2.45, 2.75) is 19.8 Å². The topological polar surface area (TPSA) is 75.2 Å². The molecule has 1 aromatic heterocycles. The van der Waals surface area contributed by atoms with Crippen molar-refractivity contribution in [2.24, 2.45) is 0 Å². The number of carbonyl (C=O) groups excluding carboxylic acids is 2. The third kappa shape index (κ3) is 3.20. The first-order valence-electron chi connectivity index (χ1n) is 6.13. The summed E-state index contributed by atoms with van der Waals surface area (Å²) >= 11 is 5.86. The number of aryl methyl sites for hydroxylation is 1. The van der Waals surface area contributed by atoms with E-state index in [1.807, 2.05) is 0 Å². The van der Waals surface area contributed by atoms with E-state index in [1.54, 1.807) is 11.8 Å². The number of aldehydes is 1. The van der Waals surface area contributed by atoms with Gasteiger partial charge < -0.3 is 10.2 Å². The molecule has 1 aliphatic rings. The van der Waals surface area contributed by atoms with E-state index in [9.17, 15) is 9.59 Å². The summed E-state index contributed by atoms with van der Waals surface area (Å²) in [6, 6.07) is 0. The molecule has 0 radical (unpaired) electrons. The first-order valence-corrected chi connectivity index (χ1v) is 6.50. The van der Waals surface area contributed by atoms with Gasteiger partial charge in [-0.2, -0.15) is 0 Å². The lowest BCUT2D eigenvalue weighted by Crippen LogP contribution is -2.33. The predicted octanol–water partition coefficient (Wildman–Crippen LogP) is 1.29. The van der Waals surface area contributed by atoms with E-state index >= 15 is 0 Å². The molecule has 0 atom stereocenters. The molecule has 0 spiro atoms. The number of halogens is 1. The van der Waals surface area contributed by atoms with Gasteiger partial charge >= 0.3 is 0 Å². The fraction of sp³-hybridized carbons (Fsp3) is 0.500. The normalized spacial score (nSPS) is 14.5. The van der Waals surface area contributed by atoms with E-state index in [0.717, 1.165) is 25.9 Å². The number of aromatic nitrogens is 2. The van der Waals surface area contributed by atoms with Crippen LogP contribution < -0.4 is 5.32 Å². The van der Waals surface area contributed by atoms with Crippen LogP contribution >= 0.6 is 11.6 Å². The van der Waals surface area contributed by atoms with E-state index in [4.69, 9.17) is 11.6 Å². The number of anilines is 1. The summed E-state index contributed by atoms with van der Waals surface area (Å²) in [5.41, 5.74) is 0.182. The van der Waals surface area contributed by atoms with E-state index in [2.05, 4.69) is 15.3 Å². The van der Waals surface area contributed by atoms with Crippen molar-refractivity contribution >= 4 is 29.6 Å². The highest BCUT2D eigenvalue weighted by Gasteiger charge is 2.18. The van der Waals surface area contributed by atoms with Crippen molar-refractivity contribution in [1.29, 1.82) is 0 Å². The first-order chi connectivity index (χ1) is 9.11. The highest BCUT2D eigenvalue weighted by atomic mass is 35.5. The molecule has 1 saturated heterocycles. The zero-order valence-corrected chi connectivity index (χ0v) is 11.4. The number of carbonyl (C=O) groups is 2. The van der Waals surface area contributed by atoms with Crippen LogP contribution in [0.25, 0.3) is 0 Å². The molecule has 19 heavy (non-hydrogen) atoms. The smallest absolute Gasteiger partial charge is 0.241 e. The number of likely N-dealkylation sites (tertiary alicyclic amines) is 1. The number of nitrogens with one attached hydrogen (secondary N) is 1. The maximum absolute atomic E-state index is 11.9. The van der Waals surface area contributed by atoms with Gasteiger partial charge in [0.05, 0.1) is 12.1 Å². The molecule has 7 heteroatoms. The minimum atomic E-state index is 0.00161. The maximum atomic E-state index is 11.9. The van der Waals surface area contributed by atoms with Gasteiger partial charge in [0.25, 0.3) is 0 Å². The van der Waals surface area contributed by atoms with Crippen molar-refractivity contribution in [3.63, 3.8) is 0 Å². The van der Waals surface area contributed by atoms with Crippen LogP contribution in [0.4, 0.5) is 5.82 Å². The second-order valence-corrected chi connectivity index (χ2v) is 4.74. The summed E-state index contributed by atoms with van der Waals surface area (Å²) in [6.07, 6.45) is 2.68. The molecule has 0 unspecified atom stereocenters. The zero-order chi connectivity index (χ0) is 13.8. The molecule has 1 N–H and O–H groups in total. The molecule has 1 aliphatic heterocycles. The standard InChI is InChI=1S/C12H15ClN4O2/c1-8-15-11(13)9(7-18)12(16-8)14-6-10(19)17-4-2-3-5-17/h7H,2-6H2,1H3,(H,14,15,16). The molecule has 1 aromatic rings. The van der Waals surface area contributed by atoms with Crippen molar-refractivity contribution in [1.82, 2.24) is 14.9 Å². The Bertz CT molecular complexity index is 501. The second kappa shape index (κ2) is 5.97. The number of nitrogens with zero attached hydrogens (tertiary/aromatic N) is 3. The van der Waals surface area contributed by atoms with Crippen molar-refractivity contribution in [3.8, 4) is 0 Å². The van der Waals surface area contributed by atoms with Gasteiger partial charge in [0.15, 0.2) is 6.29 Å². The average Bonchev–Trinajstić information content (AvgIpc) is 2.89. The molecular weight excluding hydrogens is 268 g/mol. The SMILES string of the molecule is Cc1nc(Cl)c(C=O)c(NCC(=O)N2CCCC2)n1. The summed E-state index contributed by atoms with van der Waals surface area (Å²) in [5, 5.41) is 2.96. The average molecular weight is 283 g/mol. The Morgan fingerprint density at radius 1 is 1.42 bits per heavy atom. The van der Waals surface area contributed by atoms with Gasteiger partial charge in [0.1, 0.15) is 16.8 Å². The lowest BCUT2D eigenvalue weighted by molar-refractivity contribution is -0.128. The van der Waals surface area contributed by atoms with Gasteiger partial charge in [-0.05, 0) is 19.8 Å². The summed E-state index contributed by atoms with van der Waals surface area (Å²) < 4.78 is 0. The van der Waals surface area contributed by atoms with Crippen LogP contribution in [0, 0.1) is 6.92 Å². The lowest BCUT2D eigenvalue weighted by atomic mass is 10.3. The third-order valence-corrected chi connectivity index (χ3v) is 3.28. The van der Waals surface area contributed by atoms with Gasteiger partial charge in [0.2, 0.25) is 5.91 Å². The van der Waals surface area contributed by atoms with Crippen LogP contribution in [-0.4, -0.2) is 46.7 Å². The first kappa shape index (κ1) is 13.7. The molecular formula is C12H15ClN4O2. The molecule has 102 valence electrons. The minimum Gasteiger partial charge on any atom is -0.360 e. The zero-order valence-electron chi connectivity index (χ0n) is 10.6. The van der Waals surface area contributed by atoms with Crippen molar-refractivity contribution in [3.05, 3.63) is 16.5 Å². The van der Waals surface area contributed by atoms with E-state index < -0.39 is 0 Å². The Morgan fingerprint density at radius 3 is 2.74 bits per heavy atom. The van der Waals surface area contributed by atoms with Gasteiger partial charge in [0, 0.05) is 13.1 Å². The molecule has 1 fully saturated rings. The molecule has 0 saturated carbocycles. The predicted molar refractivity (Wildman–Crippen MR) is 71.5 cm³/mol. The second-order valence-electron chi connectivity index (χ2n) is 4.38. The summed E-state index contributed by atoms with van der Waals surface area (Å²) in [6.45, 7) is 3.37.